The number of carbonyl (C=O) groups is 1. The van der Waals surface area contributed by atoms with E-state index in [0.717, 1.165) is 39.0 Å². The van der Waals surface area contributed by atoms with Gasteiger partial charge in [-0.2, -0.15) is 0 Å². The van der Waals surface area contributed by atoms with E-state index < -0.39 is 5.60 Å². The molecule has 3 rings (SSSR count). The molecule has 0 spiro atoms. The Morgan fingerprint density at radius 3 is 2.74 bits per heavy atom. The monoisotopic (exact) mass is 321 g/mol. The van der Waals surface area contributed by atoms with Crippen molar-refractivity contribution in [2.75, 3.05) is 52.9 Å². The topological polar surface area (TPSA) is 75.7 Å². The third kappa shape index (κ3) is 4.10. The Bertz CT molecular complexity index is 513. The molecule has 2 N–H and O–H groups in total. The van der Waals surface area contributed by atoms with E-state index in [1.165, 1.54) is 6.33 Å². The molecule has 1 aromatic rings. The maximum absolute atomic E-state index is 12.4. The molecule has 128 valence electrons. The Labute approximate surface area is 137 Å². The molecule has 7 nitrogen and oxygen atoms in total. The number of imidazole rings is 1. The maximum Gasteiger partial charge on any atom is 0.271 e. The standard InChI is InChI=1S/C16H27N5O2/c1-19-7-9-20(10-8-19)12-16(23)3-2-5-21(6-4-16)15(22)14-11-17-13-18-14/h11,13,23H,2-10,12H2,1H3,(H,17,18)/t16-/m0/s1. The highest BCUT2D eigenvalue weighted by molar-refractivity contribution is 5.92. The number of aliphatic hydroxyl groups is 1. The molecule has 7 heteroatoms. The third-order valence-electron chi connectivity index (χ3n) is 5.05. The van der Waals surface area contributed by atoms with Gasteiger partial charge in [0.15, 0.2) is 0 Å². The molecule has 2 saturated heterocycles. The van der Waals surface area contributed by atoms with E-state index >= 15 is 0 Å². The number of likely N-dealkylation sites (tertiary alicyclic amines) is 1. The van der Waals surface area contributed by atoms with Gasteiger partial charge in [-0.25, -0.2) is 4.98 Å². The van der Waals surface area contributed by atoms with Gasteiger partial charge in [0.1, 0.15) is 5.69 Å². The van der Waals surface area contributed by atoms with Gasteiger partial charge in [-0.1, -0.05) is 0 Å². The minimum absolute atomic E-state index is 0.0219. The van der Waals surface area contributed by atoms with Crippen LogP contribution in [0, 0.1) is 0 Å². The van der Waals surface area contributed by atoms with Crippen LogP contribution in [0.25, 0.3) is 0 Å². The SMILES string of the molecule is CN1CCN(C[C@]2(O)CCCN(C(=O)c3cnc[nH]3)CC2)CC1. The van der Waals surface area contributed by atoms with Crippen LogP contribution in [0.3, 0.4) is 0 Å². The van der Waals surface area contributed by atoms with Gasteiger partial charge in [-0.15, -0.1) is 0 Å². The average Bonchev–Trinajstić information content (AvgIpc) is 3.00. The summed E-state index contributed by atoms with van der Waals surface area (Å²) in [4.78, 5) is 25.7. The Balaban J connectivity index is 1.56. The van der Waals surface area contributed by atoms with E-state index in [1.807, 2.05) is 4.90 Å². The van der Waals surface area contributed by atoms with Crippen LogP contribution in [-0.2, 0) is 0 Å². The highest BCUT2D eigenvalue weighted by Gasteiger charge is 2.34. The smallest absolute Gasteiger partial charge is 0.271 e. The number of β-amino-alcohol motifs (C(OH)–C–C–N with tert-alkyl or cyclic N) is 1. The van der Waals surface area contributed by atoms with Crippen LogP contribution in [0.15, 0.2) is 12.5 Å². The molecule has 0 aliphatic carbocycles. The number of rotatable bonds is 3. The number of H-pyrrole nitrogens is 1. The molecular formula is C16H27N5O2. The fraction of sp³-hybridized carbons (Fsp3) is 0.750. The van der Waals surface area contributed by atoms with Crippen molar-refractivity contribution in [2.45, 2.75) is 24.9 Å². The number of nitrogens with one attached hydrogen (secondary N) is 1. The van der Waals surface area contributed by atoms with E-state index in [4.69, 9.17) is 0 Å². The van der Waals surface area contributed by atoms with Crippen molar-refractivity contribution in [1.29, 1.82) is 0 Å². The lowest BCUT2D eigenvalue weighted by Crippen LogP contribution is -2.51. The molecule has 2 fully saturated rings. The predicted octanol–water partition coefficient (Wildman–Crippen LogP) is 0.0143. The number of aromatic amines is 1. The van der Waals surface area contributed by atoms with Crippen molar-refractivity contribution < 1.29 is 9.90 Å². The van der Waals surface area contributed by atoms with E-state index in [9.17, 15) is 9.90 Å². The number of amides is 1. The summed E-state index contributed by atoms with van der Waals surface area (Å²) in [6.45, 7) is 6.14. The maximum atomic E-state index is 12.4. The first-order valence-corrected chi connectivity index (χ1v) is 8.47. The largest absolute Gasteiger partial charge is 0.388 e. The van der Waals surface area contributed by atoms with Crippen LogP contribution in [0.4, 0.5) is 0 Å². The molecule has 0 unspecified atom stereocenters. The highest BCUT2D eigenvalue weighted by Crippen LogP contribution is 2.24. The summed E-state index contributed by atoms with van der Waals surface area (Å²) in [6, 6.07) is 0. The minimum atomic E-state index is -0.682. The van der Waals surface area contributed by atoms with Crippen LogP contribution < -0.4 is 0 Å². The third-order valence-corrected chi connectivity index (χ3v) is 5.05. The predicted molar refractivity (Wildman–Crippen MR) is 87.2 cm³/mol. The summed E-state index contributed by atoms with van der Waals surface area (Å²) in [5.74, 6) is -0.0219. The quantitative estimate of drug-likeness (QED) is 0.820. The number of hydrogen-bond donors (Lipinski definition) is 2. The lowest BCUT2D eigenvalue weighted by molar-refractivity contribution is -0.0179. The number of hydrogen-bond acceptors (Lipinski definition) is 5. The van der Waals surface area contributed by atoms with Crippen LogP contribution in [0.1, 0.15) is 29.8 Å². The second-order valence-electron chi connectivity index (χ2n) is 6.91. The molecule has 1 aromatic heterocycles. The highest BCUT2D eigenvalue weighted by atomic mass is 16.3. The molecule has 1 atom stereocenters. The Kier molecular flexibility index (Phi) is 4.99. The van der Waals surface area contributed by atoms with Gasteiger partial charge >= 0.3 is 0 Å². The molecular weight excluding hydrogens is 294 g/mol. The second kappa shape index (κ2) is 6.98. The van der Waals surface area contributed by atoms with Crippen LogP contribution in [0.2, 0.25) is 0 Å². The first-order chi connectivity index (χ1) is 11.1. The first kappa shape index (κ1) is 16.4. The van der Waals surface area contributed by atoms with Gasteiger partial charge in [-0.3, -0.25) is 9.69 Å². The van der Waals surface area contributed by atoms with E-state index in [2.05, 4.69) is 26.8 Å². The van der Waals surface area contributed by atoms with Crippen LogP contribution in [-0.4, -0.2) is 94.1 Å². The van der Waals surface area contributed by atoms with Crippen molar-refractivity contribution in [2.24, 2.45) is 0 Å². The van der Waals surface area contributed by atoms with Gasteiger partial charge in [0.2, 0.25) is 0 Å². The van der Waals surface area contributed by atoms with Gasteiger partial charge in [0, 0.05) is 45.8 Å². The molecule has 0 radical (unpaired) electrons. The Hall–Kier alpha value is -1.44. The number of aromatic nitrogens is 2. The van der Waals surface area contributed by atoms with Crippen LogP contribution in [0.5, 0.6) is 0 Å². The van der Waals surface area contributed by atoms with Gasteiger partial charge in [0.05, 0.1) is 18.1 Å². The summed E-state index contributed by atoms with van der Waals surface area (Å²) in [6.07, 6.45) is 5.31. The summed E-state index contributed by atoms with van der Waals surface area (Å²) in [5, 5.41) is 11.0. The van der Waals surface area contributed by atoms with E-state index in [1.54, 1.807) is 6.20 Å². The lowest BCUT2D eigenvalue weighted by atomic mass is 9.94. The van der Waals surface area contributed by atoms with Crippen LogP contribution >= 0.6 is 0 Å². The molecule has 0 bridgehead atoms. The zero-order valence-electron chi connectivity index (χ0n) is 13.9. The minimum Gasteiger partial charge on any atom is -0.388 e. The van der Waals surface area contributed by atoms with Gasteiger partial charge in [-0.05, 0) is 26.3 Å². The van der Waals surface area contributed by atoms with Crippen molar-refractivity contribution in [3.8, 4) is 0 Å². The molecule has 23 heavy (non-hydrogen) atoms. The molecule has 2 aliphatic heterocycles. The number of piperazine rings is 1. The summed E-state index contributed by atoms with van der Waals surface area (Å²) < 4.78 is 0. The molecule has 1 amide bonds. The Morgan fingerprint density at radius 1 is 1.26 bits per heavy atom. The normalized spacial score (nSPS) is 27.8. The lowest BCUT2D eigenvalue weighted by Gasteiger charge is -2.38. The summed E-state index contributed by atoms with van der Waals surface area (Å²) >= 11 is 0. The molecule has 2 aliphatic rings. The number of nitrogens with zero attached hydrogens (tertiary/aromatic N) is 4. The number of carbonyl (C=O) groups excluding carboxylic acids is 1. The fourth-order valence-corrected chi connectivity index (χ4v) is 3.51. The van der Waals surface area contributed by atoms with Gasteiger partial charge < -0.3 is 19.9 Å². The zero-order chi connectivity index (χ0) is 16.3. The van der Waals surface area contributed by atoms with Crippen molar-refractivity contribution in [3.05, 3.63) is 18.2 Å². The van der Waals surface area contributed by atoms with Crippen molar-refractivity contribution in [3.63, 3.8) is 0 Å². The number of likely N-dealkylation sites (N-methyl/N-ethyl adjacent to an activating group) is 1. The average molecular weight is 321 g/mol. The molecule has 0 saturated carbocycles. The van der Waals surface area contributed by atoms with Crippen molar-refractivity contribution >= 4 is 5.91 Å². The van der Waals surface area contributed by atoms with Gasteiger partial charge in [0.25, 0.3) is 5.91 Å². The second-order valence-corrected chi connectivity index (χ2v) is 6.91. The summed E-state index contributed by atoms with van der Waals surface area (Å²) in [5.41, 5.74) is -0.159. The summed E-state index contributed by atoms with van der Waals surface area (Å²) in [7, 11) is 2.14. The molecule has 3 heterocycles. The Morgan fingerprint density at radius 2 is 2.04 bits per heavy atom. The zero-order valence-corrected chi connectivity index (χ0v) is 13.9. The first-order valence-electron chi connectivity index (χ1n) is 8.47. The molecule has 0 aromatic carbocycles. The fourth-order valence-electron chi connectivity index (χ4n) is 3.51. The van der Waals surface area contributed by atoms with E-state index in [0.29, 0.717) is 31.7 Å². The van der Waals surface area contributed by atoms with Crippen molar-refractivity contribution in [1.82, 2.24) is 24.7 Å². The van der Waals surface area contributed by atoms with E-state index in [-0.39, 0.29) is 5.91 Å².